The van der Waals surface area contributed by atoms with Gasteiger partial charge in [0.05, 0.1) is 6.54 Å². The van der Waals surface area contributed by atoms with Gasteiger partial charge >= 0.3 is 0 Å². The van der Waals surface area contributed by atoms with Gasteiger partial charge in [0.25, 0.3) is 0 Å². The molecule has 0 amide bonds. The zero-order chi connectivity index (χ0) is 9.68. The average molecular weight is 180 g/mol. The molecule has 1 saturated heterocycles. The van der Waals surface area contributed by atoms with Gasteiger partial charge in [-0.15, -0.1) is 5.92 Å². The van der Waals surface area contributed by atoms with E-state index in [1.807, 2.05) is 6.92 Å². The summed E-state index contributed by atoms with van der Waals surface area (Å²) in [6, 6.07) is 1.38. The lowest BCUT2D eigenvalue weighted by Crippen LogP contribution is -2.45. The number of rotatable bonds is 2. The Bertz CT molecular complexity index is 202. The summed E-state index contributed by atoms with van der Waals surface area (Å²) in [5, 5.41) is 3.47. The maximum atomic E-state index is 3.47. The molecule has 0 aliphatic carbocycles. The van der Waals surface area contributed by atoms with Crippen molar-refractivity contribution in [3.05, 3.63) is 0 Å². The molecule has 0 spiro atoms. The lowest BCUT2D eigenvalue weighted by Gasteiger charge is -2.35. The third-order valence-corrected chi connectivity index (χ3v) is 2.86. The minimum absolute atomic E-state index is 0.673. The van der Waals surface area contributed by atoms with E-state index in [9.17, 15) is 0 Å². The molecule has 0 bridgehead atoms. The Kier molecular flexibility index (Phi) is 4.27. The number of nitrogens with one attached hydrogen (secondary N) is 1. The molecule has 0 aromatic rings. The first kappa shape index (κ1) is 10.6. The molecule has 2 unspecified atom stereocenters. The molecule has 2 nitrogen and oxygen atoms in total. The van der Waals surface area contributed by atoms with Crippen LogP contribution in [0.25, 0.3) is 0 Å². The first-order valence-electron chi connectivity index (χ1n) is 5.07. The van der Waals surface area contributed by atoms with E-state index >= 15 is 0 Å². The van der Waals surface area contributed by atoms with Crippen LogP contribution >= 0.6 is 0 Å². The molecule has 74 valence electrons. The van der Waals surface area contributed by atoms with E-state index in [1.54, 1.807) is 0 Å². The molecule has 1 N–H and O–H groups in total. The van der Waals surface area contributed by atoms with E-state index in [-0.39, 0.29) is 0 Å². The van der Waals surface area contributed by atoms with E-state index < -0.39 is 0 Å². The van der Waals surface area contributed by atoms with Crippen molar-refractivity contribution in [1.29, 1.82) is 0 Å². The van der Waals surface area contributed by atoms with Gasteiger partial charge in [-0.2, -0.15) is 0 Å². The van der Waals surface area contributed by atoms with Crippen LogP contribution in [0.4, 0.5) is 0 Å². The van der Waals surface area contributed by atoms with Crippen LogP contribution in [0.1, 0.15) is 26.7 Å². The van der Waals surface area contributed by atoms with Crippen LogP contribution in [0.3, 0.4) is 0 Å². The monoisotopic (exact) mass is 180 g/mol. The summed E-state index contributed by atoms with van der Waals surface area (Å²) < 4.78 is 0. The second-order valence-electron chi connectivity index (χ2n) is 3.86. The first-order valence-corrected chi connectivity index (χ1v) is 5.07. The number of piperidine rings is 1. The highest BCUT2D eigenvalue weighted by Gasteiger charge is 2.21. The van der Waals surface area contributed by atoms with Crippen LogP contribution in [0.5, 0.6) is 0 Å². The summed E-state index contributed by atoms with van der Waals surface area (Å²) in [5.74, 6) is 5.95. The highest BCUT2D eigenvalue weighted by Crippen LogP contribution is 2.14. The SMILES string of the molecule is CC#CCNC1CCN(C)C(C)C1. The van der Waals surface area contributed by atoms with Crippen LogP contribution in [-0.2, 0) is 0 Å². The second kappa shape index (κ2) is 5.26. The van der Waals surface area contributed by atoms with Crippen molar-refractivity contribution in [3.8, 4) is 11.8 Å². The van der Waals surface area contributed by atoms with Crippen molar-refractivity contribution in [2.45, 2.75) is 38.8 Å². The predicted molar refractivity (Wildman–Crippen MR) is 56.6 cm³/mol. The van der Waals surface area contributed by atoms with Gasteiger partial charge in [-0.3, -0.25) is 0 Å². The fraction of sp³-hybridized carbons (Fsp3) is 0.818. The largest absolute Gasteiger partial charge is 0.304 e. The zero-order valence-corrected chi connectivity index (χ0v) is 8.93. The minimum Gasteiger partial charge on any atom is -0.304 e. The van der Waals surface area contributed by atoms with Crippen molar-refractivity contribution in [2.24, 2.45) is 0 Å². The van der Waals surface area contributed by atoms with E-state index in [1.165, 1.54) is 19.4 Å². The summed E-state index contributed by atoms with van der Waals surface area (Å²) in [6.45, 7) is 6.23. The Hall–Kier alpha value is -0.520. The molecule has 2 heteroatoms. The zero-order valence-electron chi connectivity index (χ0n) is 8.93. The molecule has 0 saturated carbocycles. The summed E-state index contributed by atoms with van der Waals surface area (Å²) in [7, 11) is 2.20. The van der Waals surface area contributed by atoms with Crippen molar-refractivity contribution >= 4 is 0 Å². The molecular formula is C11H20N2. The van der Waals surface area contributed by atoms with E-state index in [2.05, 4.69) is 36.0 Å². The predicted octanol–water partition coefficient (Wildman–Crippen LogP) is 1.08. The Morgan fingerprint density at radius 1 is 1.54 bits per heavy atom. The average Bonchev–Trinajstić information content (AvgIpc) is 2.12. The van der Waals surface area contributed by atoms with Gasteiger partial charge in [0.15, 0.2) is 0 Å². The maximum Gasteiger partial charge on any atom is 0.0578 e. The molecule has 1 heterocycles. The van der Waals surface area contributed by atoms with E-state index in [0.717, 1.165) is 6.54 Å². The lowest BCUT2D eigenvalue weighted by molar-refractivity contribution is 0.171. The Balaban J connectivity index is 2.24. The maximum absolute atomic E-state index is 3.47. The normalized spacial score (nSPS) is 29.5. The quantitative estimate of drug-likeness (QED) is 0.640. The second-order valence-corrected chi connectivity index (χ2v) is 3.86. The van der Waals surface area contributed by atoms with Crippen molar-refractivity contribution in [3.63, 3.8) is 0 Å². The molecule has 0 aromatic carbocycles. The van der Waals surface area contributed by atoms with Crippen LogP contribution in [0, 0.1) is 11.8 Å². The Morgan fingerprint density at radius 2 is 2.31 bits per heavy atom. The fourth-order valence-electron chi connectivity index (χ4n) is 1.76. The van der Waals surface area contributed by atoms with Gasteiger partial charge in [0.1, 0.15) is 0 Å². The van der Waals surface area contributed by atoms with Gasteiger partial charge in [0.2, 0.25) is 0 Å². The number of likely N-dealkylation sites (tertiary alicyclic amines) is 1. The van der Waals surface area contributed by atoms with Crippen molar-refractivity contribution in [2.75, 3.05) is 20.1 Å². The molecule has 13 heavy (non-hydrogen) atoms. The van der Waals surface area contributed by atoms with Crippen LogP contribution in [0.2, 0.25) is 0 Å². The summed E-state index contributed by atoms with van der Waals surface area (Å²) in [6.07, 6.45) is 2.51. The summed E-state index contributed by atoms with van der Waals surface area (Å²) in [5.41, 5.74) is 0. The number of hydrogen-bond acceptors (Lipinski definition) is 2. The third-order valence-electron chi connectivity index (χ3n) is 2.86. The molecule has 1 aliphatic heterocycles. The number of nitrogens with zero attached hydrogens (tertiary/aromatic N) is 1. The Morgan fingerprint density at radius 3 is 2.92 bits per heavy atom. The molecule has 0 radical (unpaired) electrons. The fourth-order valence-corrected chi connectivity index (χ4v) is 1.76. The molecule has 1 rings (SSSR count). The molecule has 1 fully saturated rings. The van der Waals surface area contributed by atoms with Crippen molar-refractivity contribution < 1.29 is 0 Å². The topological polar surface area (TPSA) is 15.3 Å². The molecule has 0 aromatic heterocycles. The minimum atomic E-state index is 0.673. The van der Waals surface area contributed by atoms with Gasteiger partial charge < -0.3 is 10.2 Å². The standard InChI is InChI=1S/C11H20N2/c1-4-5-7-12-11-6-8-13(3)10(2)9-11/h10-12H,6-9H2,1-3H3. The summed E-state index contributed by atoms with van der Waals surface area (Å²) >= 11 is 0. The first-order chi connectivity index (χ1) is 6.24. The van der Waals surface area contributed by atoms with Gasteiger partial charge in [-0.05, 0) is 40.3 Å². The van der Waals surface area contributed by atoms with Crippen LogP contribution < -0.4 is 5.32 Å². The van der Waals surface area contributed by atoms with Gasteiger partial charge in [-0.1, -0.05) is 5.92 Å². The van der Waals surface area contributed by atoms with Crippen LogP contribution in [-0.4, -0.2) is 37.1 Å². The molecular weight excluding hydrogens is 160 g/mol. The highest BCUT2D eigenvalue weighted by atomic mass is 15.1. The van der Waals surface area contributed by atoms with Crippen LogP contribution in [0.15, 0.2) is 0 Å². The number of hydrogen-bond donors (Lipinski definition) is 1. The highest BCUT2D eigenvalue weighted by molar-refractivity contribution is 4.98. The van der Waals surface area contributed by atoms with Crippen molar-refractivity contribution in [1.82, 2.24) is 10.2 Å². The van der Waals surface area contributed by atoms with E-state index in [4.69, 9.17) is 0 Å². The summed E-state index contributed by atoms with van der Waals surface area (Å²) in [4.78, 5) is 2.42. The molecule has 2 atom stereocenters. The third kappa shape index (κ3) is 3.38. The smallest absolute Gasteiger partial charge is 0.0578 e. The molecule has 1 aliphatic rings. The van der Waals surface area contributed by atoms with E-state index in [0.29, 0.717) is 12.1 Å². The lowest BCUT2D eigenvalue weighted by atomic mass is 9.99. The van der Waals surface area contributed by atoms with Gasteiger partial charge in [0, 0.05) is 12.1 Å². The Labute approximate surface area is 81.7 Å². The van der Waals surface area contributed by atoms with Gasteiger partial charge in [-0.25, -0.2) is 0 Å².